The van der Waals surface area contributed by atoms with Crippen LogP contribution in [0, 0.1) is 0 Å². The normalized spacial score (nSPS) is 10.4. The van der Waals surface area contributed by atoms with Gasteiger partial charge in [0.25, 0.3) is 5.91 Å². The van der Waals surface area contributed by atoms with E-state index < -0.39 is 11.9 Å². The minimum Gasteiger partial charge on any atom is -0.497 e. The first kappa shape index (κ1) is 23.4. The van der Waals surface area contributed by atoms with Gasteiger partial charge in [-0.2, -0.15) is 0 Å². The van der Waals surface area contributed by atoms with Crippen LogP contribution >= 0.6 is 23.2 Å². The number of carbonyl (C=O) groups excluding carboxylic acids is 2. The van der Waals surface area contributed by atoms with Crippen LogP contribution in [0.25, 0.3) is 0 Å². The van der Waals surface area contributed by atoms with Crippen molar-refractivity contribution in [1.82, 2.24) is 0 Å². The number of nitrogens with one attached hydrogen (secondary N) is 1. The molecule has 6 nitrogen and oxygen atoms in total. The van der Waals surface area contributed by atoms with Crippen LogP contribution in [0.4, 0.5) is 5.69 Å². The third-order valence-corrected chi connectivity index (χ3v) is 5.16. The summed E-state index contributed by atoms with van der Waals surface area (Å²) in [5.41, 5.74) is 1.71. The van der Waals surface area contributed by atoms with Gasteiger partial charge in [0.1, 0.15) is 11.5 Å². The van der Waals surface area contributed by atoms with Gasteiger partial charge in [-0.15, -0.1) is 0 Å². The van der Waals surface area contributed by atoms with Crippen molar-refractivity contribution >= 4 is 40.8 Å². The molecule has 8 heteroatoms. The van der Waals surface area contributed by atoms with E-state index in [0.717, 1.165) is 11.3 Å². The number of esters is 1. The highest BCUT2D eigenvalue weighted by molar-refractivity contribution is 6.37. The van der Waals surface area contributed by atoms with Gasteiger partial charge in [-0.3, -0.25) is 4.79 Å². The first-order valence-electron chi connectivity index (χ1n) is 9.65. The molecule has 1 amide bonds. The molecule has 0 heterocycles. The fourth-order valence-corrected chi connectivity index (χ4v) is 3.47. The van der Waals surface area contributed by atoms with E-state index in [4.69, 9.17) is 37.4 Å². The van der Waals surface area contributed by atoms with Gasteiger partial charge >= 0.3 is 5.97 Å². The molecule has 0 atom stereocenters. The van der Waals surface area contributed by atoms with Gasteiger partial charge in [-0.05, 0) is 54.1 Å². The molecule has 0 saturated heterocycles. The molecule has 32 heavy (non-hydrogen) atoms. The lowest BCUT2D eigenvalue weighted by atomic mass is 10.1. The van der Waals surface area contributed by atoms with Crippen molar-refractivity contribution in [2.24, 2.45) is 0 Å². The molecule has 0 bridgehead atoms. The minimum absolute atomic E-state index is 0.157. The molecular formula is C24H21Cl2NO5. The van der Waals surface area contributed by atoms with Crippen molar-refractivity contribution in [3.05, 3.63) is 87.4 Å². The third-order valence-electron chi connectivity index (χ3n) is 4.61. The minimum atomic E-state index is -0.610. The summed E-state index contributed by atoms with van der Waals surface area (Å²) in [5.74, 6) is 0.149. The van der Waals surface area contributed by atoms with Crippen molar-refractivity contribution in [2.45, 2.75) is 6.42 Å². The number of methoxy groups -OCH3 is 2. The molecular weight excluding hydrogens is 453 g/mol. The van der Waals surface area contributed by atoms with E-state index in [1.807, 2.05) is 24.3 Å². The maximum absolute atomic E-state index is 12.6. The third kappa shape index (κ3) is 5.93. The highest BCUT2D eigenvalue weighted by Gasteiger charge is 2.18. The summed E-state index contributed by atoms with van der Waals surface area (Å²) in [6, 6.07) is 17.0. The summed E-state index contributed by atoms with van der Waals surface area (Å²) in [6.45, 7) is 0.389. The Morgan fingerprint density at radius 2 is 1.72 bits per heavy atom. The SMILES string of the molecule is COC(=O)c1cc(OCCc2cccc(OC)c2)ccc1NC(=O)c1ccc(Cl)cc1Cl. The summed E-state index contributed by atoms with van der Waals surface area (Å²) < 4.78 is 15.9. The Labute approximate surface area is 196 Å². The fraction of sp³-hybridized carbons (Fsp3) is 0.167. The number of ether oxygens (including phenoxy) is 3. The van der Waals surface area contributed by atoms with Crippen LogP contribution < -0.4 is 14.8 Å². The molecule has 0 aliphatic heterocycles. The standard InChI is InChI=1S/C24H21Cl2NO5/c1-30-17-5-3-4-15(12-17)10-11-32-18-7-9-22(20(14-18)24(29)31-2)27-23(28)19-8-6-16(25)13-21(19)26/h3-9,12-14H,10-11H2,1-2H3,(H,27,28). The molecule has 3 aromatic carbocycles. The Bertz CT molecular complexity index is 1130. The monoisotopic (exact) mass is 473 g/mol. The topological polar surface area (TPSA) is 73.9 Å². The number of hydrogen-bond donors (Lipinski definition) is 1. The predicted molar refractivity (Wildman–Crippen MR) is 124 cm³/mol. The average Bonchev–Trinajstić information content (AvgIpc) is 2.79. The predicted octanol–water partition coefficient (Wildman–Crippen LogP) is 5.66. The zero-order valence-corrected chi connectivity index (χ0v) is 19.0. The van der Waals surface area contributed by atoms with Crippen LogP contribution in [0.5, 0.6) is 11.5 Å². The Balaban J connectivity index is 1.73. The zero-order chi connectivity index (χ0) is 23.1. The van der Waals surface area contributed by atoms with Crippen LogP contribution in [-0.2, 0) is 11.2 Å². The summed E-state index contributed by atoms with van der Waals surface area (Å²) in [4.78, 5) is 24.9. The molecule has 0 aliphatic rings. The molecule has 0 spiro atoms. The van der Waals surface area contributed by atoms with E-state index >= 15 is 0 Å². The molecule has 0 saturated carbocycles. The maximum Gasteiger partial charge on any atom is 0.340 e. The molecule has 0 aromatic heterocycles. The molecule has 1 N–H and O–H groups in total. The summed E-state index contributed by atoms with van der Waals surface area (Å²) >= 11 is 12.0. The second-order valence-corrected chi connectivity index (χ2v) is 7.57. The van der Waals surface area contributed by atoms with Gasteiger partial charge in [0.15, 0.2) is 0 Å². The lowest BCUT2D eigenvalue weighted by Gasteiger charge is -2.13. The fourth-order valence-electron chi connectivity index (χ4n) is 2.98. The summed E-state index contributed by atoms with van der Waals surface area (Å²) in [7, 11) is 2.88. The van der Waals surface area contributed by atoms with Crippen molar-refractivity contribution in [3.63, 3.8) is 0 Å². The van der Waals surface area contributed by atoms with E-state index in [-0.39, 0.29) is 21.8 Å². The second kappa shape index (κ2) is 10.9. The van der Waals surface area contributed by atoms with Crippen LogP contribution in [0.1, 0.15) is 26.3 Å². The van der Waals surface area contributed by atoms with Crippen LogP contribution in [-0.4, -0.2) is 32.7 Å². The number of rotatable bonds is 8. The Morgan fingerprint density at radius 3 is 2.44 bits per heavy atom. The van der Waals surface area contributed by atoms with Gasteiger partial charge in [-0.25, -0.2) is 4.79 Å². The Hall–Kier alpha value is -3.22. The van der Waals surface area contributed by atoms with Gasteiger partial charge in [0, 0.05) is 11.4 Å². The van der Waals surface area contributed by atoms with Crippen molar-refractivity contribution in [1.29, 1.82) is 0 Å². The van der Waals surface area contributed by atoms with Gasteiger partial charge in [-0.1, -0.05) is 35.3 Å². The van der Waals surface area contributed by atoms with Crippen LogP contribution in [0.3, 0.4) is 0 Å². The number of carbonyl (C=O) groups is 2. The first-order chi connectivity index (χ1) is 15.4. The highest BCUT2D eigenvalue weighted by atomic mass is 35.5. The van der Waals surface area contributed by atoms with Gasteiger partial charge in [0.05, 0.1) is 42.7 Å². The van der Waals surface area contributed by atoms with E-state index in [9.17, 15) is 9.59 Å². The smallest absolute Gasteiger partial charge is 0.340 e. The molecule has 0 unspecified atom stereocenters. The van der Waals surface area contributed by atoms with Gasteiger partial charge < -0.3 is 19.5 Å². The quantitative estimate of drug-likeness (QED) is 0.427. The van der Waals surface area contributed by atoms with E-state index in [1.165, 1.54) is 25.3 Å². The lowest BCUT2D eigenvalue weighted by Crippen LogP contribution is -2.16. The average molecular weight is 474 g/mol. The lowest BCUT2D eigenvalue weighted by molar-refractivity contribution is 0.0601. The number of anilines is 1. The maximum atomic E-state index is 12.6. The molecule has 0 aliphatic carbocycles. The number of amides is 1. The van der Waals surface area contributed by atoms with Gasteiger partial charge in [0.2, 0.25) is 0 Å². The van der Waals surface area contributed by atoms with E-state index in [2.05, 4.69) is 5.32 Å². The largest absolute Gasteiger partial charge is 0.497 e. The molecule has 3 rings (SSSR count). The molecule has 0 fully saturated rings. The number of hydrogen-bond acceptors (Lipinski definition) is 5. The Morgan fingerprint density at radius 1 is 0.906 bits per heavy atom. The van der Waals surface area contributed by atoms with Crippen molar-refractivity contribution in [3.8, 4) is 11.5 Å². The van der Waals surface area contributed by atoms with E-state index in [0.29, 0.717) is 23.8 Å². The molecule has 0 radical (unpaired) electrons. The van der Waals surface area contributed by atoms with Crippen molar-refractivity contribution in [2.75, 3.05) is 26.1 Å². The zero-order valence-electron chi connectivity index (χ0n) is 17.5. The number of benzene rings is 3. The number of halogens is 2. The summed E-state index contributed by atoms with van der Waals surface area (Å²) in [5, 5.41) is 3.30. The first-order valence-corrected chi connectivity index (χ1v) is 10.4. The van der Waals surface area contributed by atoms with Crippen molar-refractivity contribution < 1.29 is 23.8 Å². The highest BCUT2D eigenvalue weighted by Crippen LogP contribution is 2.26. The van der Waals surface area contributed by atoms with Crippen LogP contribution in [0.15, 0.2) is 60.7 Å². The molecule has 3 aromatic rings. The molecule has 166 valence electrons. The van der Waals surface area contributed by atoms with E-state index in [1.54, 1.807) is 25.3 Å². The summed E-state index contributed by atoms with van der Waals surface area (Å²) in [6.07, 6.45) is 0.651. The second-order valence-electron chi connectivity index (χ2n) is 6.73. The van der Waals surface area contributed by atoms with Crippen LogP contribution in [0.2, 0.25) is 10.0 Å². The Kier molecular flexibility index (Phi) is 7.98.